The molecule has 0 aromatic heterocycles. The minimum Gasteiger partial charge on any atom is -0.503 e. The maximum atomic E-state index is 13.2. The molecule has 1 amide bonds. The maximum absolute atomic E-state index is 13.2. The van der Waals surface area contributed by atoms with E-state index in [2.05, 4.69) is 0 Å². The van der Waals surface area contributed by atoms with Crippen LogP contribution < -0.4 is 4.74 Å². The van der Waals surface area contributed by atoms with Crippen molar-refractivity contribution >= 4 is 17.7 Å². The van der Waals surface area contributed by atoms with E-state index in [0.717, 1.165) is 5.56 Å². The molecular weight excluding hydrogens is 410 g/mol. The third kappa shape index (κ3) is 5.42. The van der Waals surface area contributed by atoms with Crippen molar-refractivity contribution < 1.29 is 29.0 Å². The number of hydrogen-bond donors (Lipinski definition) is 1. The summed E-state index contributed by atoms with van der Waals surface area (Å²) in [5.41, 5.74) is 1.65. The van der Waals surface area contributed by atoms with Crippen LogP contribution in [0.15, 0.2) is 65.9 Å². The highest BCUT2D eigenvalue weighted by molar-refractivity contribution is 6.09. The molecule has 0 aliphatic carbocycles. The van der Waals surface area contributed by atoms with Crippen LogP contribution in [0.1, 0.15) is 36.9 Å². The number of ketones is 1. The summed E-state index contributed by atoms with van der Waals surface area (Å²) < 4.78 is 10.3. The topological polar surface area (TPSA) is 93.1 Å². The lowest BCUT2D eigenvalue weighted by Gasteiger charge is -2.27. The monoisotopic (exact) mass is 437 g/mol. The van der Waals surface area contributed by atoms with Crippen molar-refractivity contribution in [2.24, 2.45) is 0 Å². The average Bonchev–Trinajstić information content (AvgIpc) is 3.03. The van der Waals surface area contributed by atoms with E-state index in [-0.39, 0.29) is 17.8 Å². The van der Waals surface area contributed by atoms with Crippen LogP contribution in [0.5, 0.6) is 5.75 Å². The third-order valence-electron chi connectivity index (χ3n) is 5.27. The zero-order valence-corrected chi connectivity index (χ0v) is 18.2. The normalized spacial score (nSPS) is 15.9. The molecule has 1 N–H and O–H groups in total. The first kappa shape index (κ1) is 23.2. The lowest BCUT2D eigenvalue weighted by molar-refractivity contribution is -0.132. The van der Waals surface area contributed by atoms with Crippen LogP contribution in [-0.2, 0) is 25.5 Å². The van der Waals surface area contributed by atoms with Crippen molar-refractivity contribution in [3.63, 3.8) is 0 Å². The Bertz CT molecular complexity index is 1010. The number of ether oxygens (including phenoxy) is 2. The van der Waals surface area contributed by atoms with Gasteiger partial charge in [-0.15, -0.1) is 0 Å². The van der Waals surface area contributed by atoms with Gasteiger partial charge in [-0.25, -0.2) is 0 Å². The maximum Gasteiger partial charge on any atom is 0.308 e. The molecule has 0 bridgehead atoms. The first-order valence-electron chi connectivity index (χ1n) is 10.5. The standard InChI is InChI=1S/C25H27NO6/c1-17(27)32-20-11-6-10-19(16-20)23-22(21(28)13-12-18-8-4-3-5-9-18)24(29)25(30)26(23)14-7-15-31-2/h3-6,8-11,16,23,29H,7,12-15H2,1-2H3. The number of amides is 1. The number of methoxy groups -OCH3 is 1. The minimum absolute atomic E-state index is 0.0725. The number of nitrogens with zero attached hydrogens (tertiary/aromatic N) is 1. The number of benzene rings is 2. The molecule has 2 aromatic rings. The highest BCUT2D eigenvalue weighted by Crippen LogP contribution is 2.39. The molecule has 3 rings (SSSR count). The second-order valence-electron chi connectivity index (χ2n) is 7.58. The van der Waals surface area contributed by atoms with Crippen LogP contribution in [0.4, 0.5) is 0 Å². The molecule has 0 radical (unpaired) electrons. The van der Waals surface area contributed by atoms with Crippen molar-refractivity contribution in [1.82, 2.24) is 4.90 Å². The molecule has 1 heterocycles. The number of hydrogen-bond acceptors (Lipinski definition) is 6. The predicted octanol–water partition coefficient (Wildman–Crippen LogP) is 3.55. The van der Waals surface area contributed by atoms with Crippen LogP contribution >= 0.6 is 0 Å². The van der Waals surface area contributed by atoms with E-state index in [1.54, 1.807) is 31.4 Å². The zero-order valence-electron chi connectivity index (χ0n) is 18.2. The summed E-state index contributed by atoms with van der Waals surface area (Å²) in [6.45, 7) is 2.03. The van der Waals surface area contributed by atoms with Gasteiger partial charge in [-0.05, 0) is 36.1 Å². The summed E-state index contributed by atoms with van der Waals surface area (Å²) in [4.78, 5) is 38.9. The van der Waals surface area contributed by atoms with E-state index in [4.69, 9.17) is 9.47 Å². The Labute approximate surface area is 187 Å². The quantitative estimate of drug-likeness (QED) is 0.347. The van der Waals surface area contributed by atoms with Crippen LogP contribution in [0.25, 0.3) is 0 Å². The highest BCUT2D eigenvalue weighted by atomic mass is 16.5. The first-order chi connectivity index (χ1) is 15.4. The molecule has 1 atom stereocenters. The molecule has 7 nitrogen and oxygen atoms in total. The molecule has 0 fully saturated rings. The van der Waals surface area contributed by atoms with Gasteiger partial charge in [0.2, 0.25) is 0 Å². The molecule has 1 unspecified atom stereocenters. The van der Waals surface area contributed by atoms with Gasteiger partial charge in [0.15, 0.2) is 11.5 Å². The number of aliphatic hydroxyl groups excluding tert-OH is 1. The number of aryl methyl sites for hydroxylation is 1. The molecule has 1 aliphatic rings. The zero-order chi connectivity index (χ0) is 23.1. The Morgan fingerprint density at radius 2 is 1.84 bits per heavy atom. The summed E-state index contributed by atoms with van der Waals surface area (Å²) >= 11 is 0. The van der Waals surface area contributed by atoms with Gasteiger partial charge in [0.25, 0.3) is 5.91 Å². The minimum atomic E-state index is -0.766. The lowest BCUT2D eigenvalue weighted by Crippen LogP contribution is -2.32. The SMILES string of the molecule is COCCCN1C(=O)C(O)=C(C(=O)CCc2ccccc2)C1c1cccc(OC(C)=O)c1. The number of carbonyl (C=O) groups is 3. The van der Waals surface area contributed by atoms with Gasteiger partial charge in [0, 0.05) is 33.6 Å². The molecular formula is C25H27NO6. The fourth-order valence-electron chi connectivity index (χ4n) is 3.85. The Morgan fingerprint density at radius 3 is 2.53 bits per heavy atom. The summed E-state index contributed by atoms with van der Waals surface area (Å²) in [6, 6.07) is 15.5. The van der Waals surface area contributed by atoms with Gasteiger partial charge < -0.3 is 19.5 Å². The third-order valence-corrected chi connectivity index (χ3v) is 5.27. The number of rotatable bonds is 10. The van der Waals surface area contributed by atoms with Gasteiger partial charge in [-0.1, -0.05) is 42.5 Å². The Kier molecular flexibility index (Phi) is 7.78. The Hall–Kier alpha value is -3.45. The van der Waals surface area contributed by atoms with Gasteiger partial charge in [-0.3, -0.25) is 14.4 Å². The number of aliphatic hydroxyl groups is 1. The molecule has 0 spiro atoms. The van der Waals surface area contributed by atoms with Crippen molar-refractivity contribution in [3.05, 3.63) is 77.1 Å². The predicted molar refractivity (Wildman–Crippen MR) is 118 cm³/mol. The summed E-state index contributed by atoms with van der Waals surface area (Å²) in [7, 11) is 1.57. The van der Waals surface area contributed by atoms with E-state index in [0.29, 0.717) is 37.3 Å². The first-order valence-corrected chi connectivity index (χ1v) is 10.5. The van der Waals surface area contributed by atoms with E-state index in [1.807, 2.05) is 30.3 Å². The molecule has 2 aromatic carbocycles. The largest absolute Gasteiger partial charge is 0.503 e. The Morgan fingerprint density at radius 1 is 1.09 bits per heavy atom. The smallest absolute Gasteiger partial charge is 0.308 e. The molecule has 32 heavy (non-hydrogen) atoms. The summed E-state index contributed by atoms with van der Waals surface area (Å²) in [6.07, 6.45) is 1.19. The van der Waals surface area contributed by atoms with Crippen molar-refractivity contribution in [3.8, 4) is 5.75 Å². The van der Waals surface area contributed by atoms with Crippen molar-refractivity contribution in [2.45, 2.75) is 32.2 Å². The van der Waals surface area contributed by atoms with Crippen LogP contribution in [0.2, 0.25) is 0 Å². The highest BCUT2D eigenvalue weighted by Gasteiger charge is 2.43. The number of Topliss-reactive ketones (excluding diaryl/α,β-unsaturated/α-hetero) is 1. The number of carbonyl (C=O) groups excluding carboxylic acids is 3. The van der Waals surface area contributed by atoms with Gasteiger partial charge in [0.1, 0.15) is 5.75 Å². The Balaban J connectivity index is 1.92. The van der Waals surface area contributed by atoms with Gasteiger partial charge >= 0.3 is 5.97 Å². The van der Waals surface area contributed by atoms with Crippen LogP contribution in [0, 0.1) is 0 Å². The molecule has 0 saturated heterocycles. The van der Waals surface area contributed by atoms with Gasteiger partial charge in [0.05, 0.1) is 11.6 Å². The second kappa shape index (κ2) is 10.7. The van der Waals surface area contributed by atoms with Crippen LogP contribution in [0.3, 0.4) is 0 Å². The van der Waals surface area contributed by atoms with E-state index in [9.17, 15) is 19.5 Å². The van der Waals surface area contributed by atoms with Gasteiger partial charge in [-0.2, -0.15) is 0 Å². The van der Waals surface area contributed by atoms with Crippen LogP contribution in [-0.4, -0.2) is 47.9 Å². The van der Waals surface area contributed by atoms with Crippen molar-refractivity contribution in [1.29, 1.82) is 0 Å². The summed E-state index contributed by atoms with van der Waals surface area (Å²) in [5.74, 6) is -1.58. The second-order valence-corrected chi connectivity index (χ2v) is 7.58. The van der Waals surface area contributed by atoms with E-state index in [1.165, 1.54) is 11.8 Å². The molecule has 0 saturated carbocycles. The molecule has 7 heteroatoms. The fraction of sp³-hybridized carbons (Fsp3) is 0.320. The average molecular weight is 437 g/mol. The molecule has 1 aliphatic heterocycles. The molecule has 168 valence electrons. The van der Waals surface area contributed by atoms with Crippen molar-refractivity contribution in [2.75, 3.05) is 20.3 Å². The number of esters is 1. The fourth-order valence-corrected chi connectivity index (χ4v) is 3.85. The summed E-state index contributed by atoms with van der Waals surface area (Å²) in [5, 5.41) is 10.6. The van der Waals surface area contributed by atoms with E-state index >= 15 is 0 Å². The lowest BCUT2D eigenvalue weighted by atomic mass is 9.93. The van der Waals surface area contributed by atoms with E-state index < -0.39 is 23.7 Å².